The maximum absolute atomic E-state index is 11.8. The second-order valence-electron chi connectivity index (χ2n) is 4.76. The van der Waals surface area contributed by atoms with E-state index in [0.717, 1.165) is 6.42 Å². The quantitative estimate of drug-likeness (QED) is 0.781. The molecule has 0 spiro atoms. The summed E-state index contributed by atoms with van der Waals surface area (Å²) in [5.74, 6) is 0. The number of carbonyl (C=O) groups excluding carboxylic acids is 1. The monoisotopic (exact) mass is 216 g/mol. The molecule has 0 unspecified atom stereocenters. The van der Waals surface area contributed by atoms with Crippen LogP contribution in [0.25, 0.3) is 0 Å². The molecule has 2 N–H and O–H groups in total. The fraction of sp³-hybridized carbons (Fsp3) is 0.909. The van der Waals surface area contributed by atoms with Gasteiger partial charge in [-0.25, -0.2) is 4.79 Å². The number of nitrogens with two attached hydrogens (primary N) is 1. The van der Waals surface area contributed by atoms with E-state index >= 15 is 0 Å². The summed E-state index contributed by atoms with van der Waals surface area (Å²) in [7, 11) is 0. The Morgan fingerprint density at radius 2 is 2.00 bits per heavy atom. The Morgan fingerprint density at radius 1 is 1.47 bits per heavy atom. The fourth-order valence-electron chi connectivity index (χ4n) is 1.18. The molecule has 0 bridgehead atoms. The van der Waals surface area contributed by atoms with E-state index in [-0.39, 0.29) is 12.1 Å². The van der Waals surface area contributed by atoms with E-state index in [1.54, 1.807) is 4.90 Å². The van der Waals surface area contributed by atoms with Crippen molar-refractivity contribution in [2.24, 2.45) is 5.73 Å². The van der Waals surface area contributed by atoms with Crippen molar-refractivity contribution in [1.29, 1.82) is 0 Å². The van der Waals surface area contributed by atoms with Crippen molar-refractivity contribution in [2.45, 2.75) is 52.7 Å². The molecule has 1 amide bonds. The van der Waals surface area contributed by atoms with Crippen molar-refractivity contribution >= 4 is 6.09 Å². The molecular weight excluding hydrogens is 192 g/mol. The molecule has 15 heavy (non-hydrogen) atoms. The van der Waals surface area contributed by atoms with Crippen LogP contribution in [0.3, 0.4) is 0 Å². The largest absolute Gasteiger partial charge is 0.444 e. The predicted molar refractivity (Wildman–Crippen MR) is 61.7 cm³/mol. The maximum Gasteiger partial charge on any atom is 0.410 e. The van der Waals surface area contributed by atoms with E-state index in [1.807, 2.05) is 34.6 Å². The summed E-state index contributed by atoms with van der Waals surface area (Å²) < 4.78 is 5.31. The molecule has 0 saturated heterocycles. The van der Waals surface area contributed by atoms with Gasteiger partial charge >= 0.3 is 6.09 Å². The lowest BCUT2D eigenvalue weighted by atomic mass is 10.2. The molecule has 90 valence electrons. The zero-order valence-corrected chi connectivity index (χ0v) is 10.5. The molecule has 0 fully saturated rings. The number of amides is 1. The molecule has 4 nitrogen and oxygen atoms in total. The predicted octanol–water partition coefficient (Wildman–Crippen LogP) is 1.98. The molecule has 0 radical (unpaired) electrons. The van der Waals surface area contributed by atoms with Crippen LogP contribution in [0.2, 0.25) is 0 Å². The highest BCUT2D eigenvalue weighted by Gasteiger charge is 2.24. The standard InChI is InChI=1S/C11H24N2O2/c1-6-7-13(9(2)8-12)10(14)15-11(3,4)5/h9H,6-8,12H2,1-5H3/t9-/m1/s1. The third kappa shape index (κ3) is 5.62. The van der Waals surface area contributed by atoms with Crippen molar-refractivity contribution in [3.8, 4) is 0 Å². The first kappa shape index (κ1) is 14.2. The average molecular weight is 216 g/mol. The van der Waals surface area contributed by atoms with Crippen molar-refractivity contribution in [3.63, 3.8) is 0 Å². The van der Waals surface area contributed by atoms with Crippen molar-refractivity contribution in [1.82, 2.24) is 4.90 Å². The summed E-state index contributed by atoms with van der Waals surface area (Å²) in [4.78, 5) is 13.5. The fourth-order valence-corrected chi connectivity index (χ4v) is 1.18. The van der Waals surface area contributed by atoms with Crippen LogP contribution >= 0.6 is 0 Å². The summed E-state index contributed by atoms with van der Waals surface area (Å²) in [5.41, 5.74) is 5.11. The average Bonchev–Trinajstić information content (AvgIpc) is 2.10. The number of nitrogens with zero attached hydrogens (tertiary/aromatic N) is 1. The van der Waals surface area contributed by atoms with E-state index < -0.39 is 5.60 Å². The van der Waals surface area contributed by atoms with Gasteiger partial charge in [0.05, 0.1) is 0 Å². The first-order valence-corrected chi connectivity index (χ1v) is 5.51. The van der Waals surface area contributed by atoms with Gasteiger partial charge in [-0.15, -0.1) is 0 Å². The van der Waals surface area contributed by atoms with Crippen LogP contribution in [0.5, 0.6) is 0 Å². The van der Waals surface area contributed by atoms with Crippen LogP contribution in [0.1, 0.15) is 41.0 Å². The van der Waals surface area contributed by atoms with Crippen LogP contribution in [-0.4, -0.2) is 35.7 Å². The Balaban J connectivity index is 4.42. The van der Waals surface area contributed by atoms with E-state index in [4.69, 9.17) is 10.5 Å². The minimum absolute atomic E-state index is 0.0276. The lowest BCUT2D eigenvalue weighted by molar-refractivity contribution is 0.0183. The zero-order valence-electron chi connectivity index (χ0n) is 10.5. The Labute approximate surface area is 92.8 Å². The normalized spacial score (nSPS) is 13.5. The summed E-state index contributed by atoms with van der Waals surface area (Å²) in [6.45, 7) is 10.7. The van der Waals surface area contributed by atoms with Gasteiger partial charge in [0.1, 0.15) is 5.60 Å². The van der Waals surface area contributed by atoms with Gasteiger partial charge < -0.3 is 15.4 Å². The van der Waals surface area contributed by atoms with E-state index in [2.05, 4.69) is 0 Å². The molecule has 0 aliphatic carbocycles. The van der Waals surface area contributed by atoms with Crippen molar-refractivity contribution in [3.05, 3.63) is 0 Å². The second-order valence-corrected chi connectivity index (χ2v) is 4.76. The minimum Gasteiger partial charge on any atom is -0.444 e. The summed E-state index contributed by atoms with van der Waals surface area (Å²) in [6.07, 6.45) is 0.631. The van der Waals surface area contributed by atoms with Crippen molar-refractivity contribution in [2.75, 3.05) is 13.1 Å². The topological polar surface area (TPSA) is 55.6 Å². The number of ether oxygens (including phenoxy) is 1. The maximum atomic E-state index is 11.8. The van der Waals surface area contributed by atoms with Crippen LogP contribution in [0.4, 0.5) is 4.79 Å². The molecular formula is C11H24N2O2. The van der Waals surface area contributed by atoms with Crippen molar-refractivity contribution < 1.29 is 9.53 Å². The Bertz CT molecular complexity index is 199. The van der Waals surface area contributed by atoms with Gasteiger partial charge in [-0.2, -0.15) is 0 Å². The number of hydrogen-bond donors (Lipinski definition) is 1. The third-order valence-corrected chi connectivity index (χ3v) is 1.97. The molecule has 0 saturated carbocycles. The van der Waals surface area contributed by atoms with E-state index in [9.17, 15) is 4.79 Å². The molecule has 4 heteroatoms. The molecule has 0 aromatic rings. The molecule has 0 aromatic heterocycles. The summed E-state index contributed by atoms with van der Waals surface area (Å²) in [5, 5.41) is 0. The summed E-state index contributed by atoms with van der Waals surface area (Å²) in [6, 6.07) is 0.0276. The van der Waals surface area contributed by atoms with Gasteiger partial charge in [-0.1, -0.05) is 6.92 Å². The Morgan fingerprint density at radius 3 is 2.33 bits per heavy atom. The highest BCUT2D eigenvalue weighted by Crippen LogP contribution is 2.12. The smallest absolute Gasteiger partial charge is 0.410 e. The second kappa shape index (κ2) is 5.95. The molecule has 0 heterocycles. The van der Waals surface area contributed by atoms with Crippen LogP contribution < -0.4 is 5.73 Å². The van der Waals surface area contributed by atoms with Gasteiger partial charge in [0.25, 0.3) is 0 Å². The number of carbonyl (C=O) groups is 1. The van der Waals surface area contributed by atoms with Gasteiger partial charge in [-0.3, -0.25) is 0 Å². The minimum atomic E-state index is -0.447. The highest BCUT2D eigenvalue weighted by atomic mass is 16.6. The van der Waals surface area contributed by atoms with Gasteiger partial charge in [0.2, 0.25) is 0 Å². The van der Waals surface area contributed by atoms with E-state index in [1.165, 1.54) is 0 Å². The number of hydrogen-bond acceptors (Lipinski definition) is 3. The van der Waals surface area contributed by atoms with Gasteiger partial charge in [0.15, 0.2) is 0 Å². The Kier molecular flexibility index (Phi) is 5.65. The lowest BCUT2D eigenvalue weighted by Crippen LogP contribution is -2.45. The SMILES string of the molecule is CCCN(C(=O)OC(C)(C)C)[C@H](C)CN. The molecule has 1 atom stereocenters. The summed E-state index contributed by atoms with van der Waals surface area (Å²) >= 11 is 0. The Hall–Kier alpha value is -0.770. The molecule has 0 aliphatic heterocycles. The van der Waals surface area contributed by atoms with Gasteiger partial charge in [0, 0.05) is 19.1 Å². The molecule has 0 aromatic carbocycles. The number of rotatable bonds is 4. The third-order valence-electron chi connectivity index (χ3n) is 1.97. The van der Waals surface area contributed by atoms with Crippen LogP contribution in [0.15, 0.2) is 0 Å². The van der Waals surface area contributed by atoms with Gasteiger partial charge in [-0.05, 0) is 34.1 Å². The molecule has 0 aliphatic rings. The zero-order chi connectivity index (χ0) is 12.1. The van der Waals surface area contributed by atoms with E-state index in [0.29, 0.717) is 13.1 Å². The highest BCUT2D eigenvalue weighted by molar-refractivity contribution is 5.68. The lowest BCUT2D eigenvalue weighted by Gasteiger charge is -2.30. The van der Waals surface area contributed by atoms with Crippen LogP contribution in [0, 0.1) is 0 Å². The molecule has 0 rings (SSSR count). The first-order valence-electron chi connectivity index (χ1n) is 5.51. The van der Waals surface area contributed by atoms with Crippen LogP contribution in [-0.2, 0) is 4.74 Å². The first-order chi connectivity index (χ1) is 6.81.